The second-order valence-electron chi connectivity index (χ2n) is 6.74. The Morgan fingerprint density at radius 1 is 1.31 bits per heavy atom. The van der Waals surface area contributed by atoms with Crippen LogP contribution >= 0.6 is 0 Å². The van der Waals surface area contributed by atoms with Gasteiger partial charge in [0.1, 0.15) is 23.4 Å². The molecular weight excluding hydrogens is 383 g/mol. The molecule has 0 spiro atoms. The zero-order chi connectivity index (χ0) is 20.8. The molecule has 1 aliphatic carbocycles. The number of fused-ring (bicyclic) bond motifs is 1. The second kappa shape index (κ2) is 6.94. The number of benzene rings is 2. The highest BCUT2D eigenvalue weighted by atomic mass is 19.3. The van der Waals surface area contributed by atoms with Gasteiger partial charge in [0, 0.05) is 41.9 Å². The summed E-state index contributed by atoms with van der Waals surface area (Å²) in [5, 5.41) is 14.5. The first-order valence-corrected chi connectivity index (χ1v) is 8.93. The number of ether oxygens (including phenoxy) is 1. The minimum atomic E-state index is -3.36. The average molecular weight is 399 g/mol. The number of aryl methyl sites for hydroxylation is 1. The monoisotopic (exact) mass is 399 g/mol. The van der Waals surface area contributed by atoms with Gasteiger partial charge in [-0.05, 0) is 37.3 Å². The molecule has 0 saturated heterocycles. The quantitative estimate of drug-likeness (QED) is 0.608. The van der Waals surface area contributed by atoms with Crippen LogP contribution in [0.4, 0.5) is 18.9 Å². The highest BCUT2D eigenvalue weighted by Gasteiger charge is 2.49. The van der Waals surface area contributed by atoms with Crippen molar-refractivity contribution in [3.8, 4) is 22.8 Å². The van der Waals surface area contributed by atoms with Gasteiger partial charge in [-0.1, -0.05) is 0 Å². The summed E-state index contributed by atoms with van der Waals surface area (Å²) in [4.78, 5) is 3.17. The van der Waals surface area contributed by atoms with Gasteiger partial charge in [0.05, 0.1) is 12.3 Å². The summed E-state index contributed by atoms with van der Waals surface area (Å²) in [6.45, 7) is 9.43. The van der Waals surface area contributed by atoms with Gasteiger partial charge >= 0.3 is 0 Å². The molecule has 0 bridgehead atoms. The molecule has 0 amide bonds. The molecule has 1 aliphatic rings. The molecule has 0 fully saturated rings. The zero-order valence-corrected chi connectivity index (χ0v) is 15.4. The van der Waals surface area contributed by atoms with Gasteiger partial charge in [0.25, 0.3) is 5.92 Å². The van der Waals surface area contributed by atoms with Crippen LogP contribution in [0.5, 0.6) is 11.5 Å². The Bertz CT molecular complexity index is 1130. The first kappa shape index (κ1) is 19.0. The number of halogens is 3. The van der Waals surface area contributed by atoms with E-state index in [1.54, 1.807) is 23.0 Å². The number of aromatic nitrogens is 2. The number of nitrogens with zero attached hydrogens (tertiary/aromatic N) is 3. The highest BCUT2D eigenvalue weighted by molar-refractivity contribution is 5.71. The van der Waals surface area contributed by atoms with E-state index in [-0.39, 0.29) is 28.3 Å². The van der Waals surface area contributed by atoms with Crippen LogP contribution in [0, 0.1) is 12.4 Å². The molecule has 0 aliphatic heterocycles. The van der Waals surface area contributed by atoms with Crippen LogP contribution in [0.1, 0.15) is 24.2 Å². The predicted octanol–water partition coefficient (Wildman–Crippen LogP) is 5.28. The smallest absolute Gasteiger partial charge is 0.281 e. The number of hydrogen-bond acceptors (Lipinski definition) is 3. The molecule has 1 atom stereocenters. The van der Waals surface area contributed by atoms with Crippen LogP contribution in [-0.2, 0) is 13.0 Å². The maximum absolute atomic E-state index is 14.4. The van der Waals surface area contributed by atoms with Crippen molar-refractivity contribution in [1.82, 2.24) is 9.78 Å². The van der Waals surface area contributed by atoms with Crippen LogP contribution in [0.15, 0.2) is 42.6 Å². The normalized spacial score (nSPS) is 17.0. The lowest BCUT2D eigenvalue weighted by Gasteiger charge is -2.17. The summed E-state index contributed by atoms with van der Waals surface area (Å²) in [7, 11) is 0. The Balaban J connectivity index is 1.85. The summed E-state index contributed by atoms with van der Waals surface area (Å²) in [5.74, 6) is -3.92. The molecule has 0 radical (unpaired) electrons. The third-order valence-corrected chi connectivity index (χ3v) is 4.91. The van der Waals surface area contributed by atoms with Gasteiger partial charge in [0.2, 0.25) is 0 Å². The number of aliphatic hydroxyl groups excluding tert-OH is 1. The molecule has 5 nitrogen and oxygen atoms in total. The summed E-state index contributed by atoms with van der Waals surface area (Å²) in [6, 6.07) is 8.24. The minimum absolute atomic E-state index is 0.0225. The average Bonchev–Trinajstić information content (AvgIpc) is 3.25. The zero-order valence-electron chi connectivity index (χ0n) is 15.4. The van der Waals surface area contributed by atoms with E-state index in [4.69, 9.17) is 11.3 Å². The fourth-order valence-corrected chi connectivity index (χ4v) is 3.61. The first-order chi connectivity index (χ1) is 13.8. The lowest BCUT2D eigenvalue weighted by atomic mass is 9.98. The summed E-state index contributed by atoms with van der Waals surface area (Å²) < 4.78 is 49.8. The number of rotatable bonds is 4. The molecule has 1 heterocycles. The summed E-state index contributed by atoms with van der Waals surface area (Å²) in [5.41, 5.74) is 1.30. The Morgan fingerprint density at radius 3 is 2.83 bits per heavy atom. The minimum Gasteiger partial charge on any atom is -0.458 e. The van der Waals surface area contributed by atoms with Gasteiger partial charge in [0.15, 0.2) is 5.69 Å². The standard InChI is InChI=1S/C21H16F3N3O2/c1-3-27-17(6-7-26-27)15-4-5-18(16-11-21(23,24)20(28)19(15)16)29-14-9-12(22)8-13(10-14)25-2/h4-10,20,28H,3,11H2,1H3. The molecule has 3 aromatic rings. The SMILES string of the molecule is [C-]#[N+]c1cc(F)cc(Oc2ccc(-c3ccnn3CC)c3c2CC(F)(F)C3O)c1. The molecule has 1 aromatic heterocycles. The second-order valence-corrected chi connectivity index (χ2v) is 6.74. The van der Waals surface area contributed by atoms with E-state index in [0.717, 1.165) is 12.1 Å². The molecule has 148 valence electrons. The highest BCUT2D eigenvalue weighted by Crippen LogP contribution is 2.50. The van der Waals surface area contributed by atoms with Crippen LogP contribution in [-0.4, -0.2) is 20.8 Å². The fourth-order valence-electron chi connectivity index (χ4n) is 3.61. The molecule has 2 aromatic carbocycles. The van der Waals surface area contributed by atoms with Gasteiger partial charge < -0.3 is 9.84 Å². The van der Waals surface area contributed by atoms with Crippen LogP contribution in [0.25, 0.3) is 16.1 Å². The fraction of sp³-hybridized carbons (Fsp3) is 0.238. The van der Waals surface area contributed by atoms with Crippen molar-refractivity contribution >= 4 is 5.69 Å². The molecule has 8 heteroatoms. The van der Waals surface area contributed by atoms with Crippen molar-refractivity contribution in [2.75, 3.05) is 0 Å². The maximum atomic E-state index is 14.4. The van der Waals surface area contributed by atoms with Gasteiger partial charge in [-0.2, -0.15) is 5.10 Å². The van der Waals surface area contributed by atoms with E-state index in [1.807, 2.05) is 6.92 Å². The van der Waals surface area contributed by atoms with Crippen LogP contribution < -0.4 is 4.74 Å². The Kier molecular flexibility index (Phi) is 4.55. The lowest BCUT2D eigenvalue weighted by Crippen LogP contribution is -2.21. The predicted molar refractivity (Wildman–Crippen MR) is 99.7 cm³/mol. The molecule has 0 saturated carbocycles. The Morgan fingerprint density at radius 2 is 2.10 bits per heavy atom. The van der Waals surface area contributed by atoms with Crippen LogP contribution in [0.3, 0.4) is 0 Å². The van der Waals surface area contributed by atoms with E-state index >= 15 is 0 Å². The van der Waals surface area contributed by atoms with Crippen molar-refractivity contribution in [2.45, 2.75) is 31.9 Å². The summed E-state index contributed by atoms with van der Waals surface area (Å²) >= 11 is 0. The summed E-state index contributed by atoms with van der Waals surface area (Å²) in [6.07, 6.45) is -1.14. The number of hydrogen-bond donors (Lipinski definition) is 1. The molecule has 1 unspecified atom stereocenters. The van der Waals surface area contributed by atoms with Crippen molar-refractivity contribution in [3.05, 3.63) is 71.0 Å². The molecule has 4 rings (SSSR count). The van der Waals surface area contributed by atoms with E-state index in [2.05, 4.69) is 9.94 Å². The molecular formula is C21H16F3N3O2. The number of alkyl halides is 2. The van der Waals surface area contributed by atoms with Gasteiger partial charge in [-0.3, -0.25) is 4.68 Å². The van der Waals surface area contributed by atoms with E-state index < -0.39 is 24.3 Å². The lowest BCUT2D eigenvalue weighted by molar-refractivity contribution is -0.0967. The van der Waals surface area contributed by atoms with Crippen molar-refractivity contribution in [2.24, 2.45) is 0 Å². The van der Waals surface area contributed by atoms with E-state index in [9.17, 15) is 18.3 Å². The Hall–Kier alpha value is -3.31. The van der Waals surface area contributed by atoms with Crippen molar-refractivity contribution in [1.29, 1.82) is 0 Å². The van der Waals surface area contributed by atoms with E-state index in [0.29, 0.717) is 17.8 Å². The topological polar surface area (TPSA) is 51.6 Å². The Labute approximate surface area is 164 Å². The number of aliphatic hydroxyl groups is 1. The van der Waals surface area contributed by atoms with Crippen molar-refractivity contribution < 1.29 is 23.0 Å². The largest absolute Gasteiger partial charge is 0.458 e. The third kappa shape index (κ3) is 3.23. The molecule has 29 heavy (non-hydrogen) atoms. The maximum Gasteiger partial charge on any atom is 0.281 e. The van der Waals surface area contributed by atoms with Gasteiger partial charge in [-0.25, -0.2) is 18.0 Å². The van der Waals surface area contributed by atoms with Gasteiger partial charge in [-0.15, -0.1) is 0 Å². The third-order valence-electron chi connectivity index (χ3n) is 4.91. The van der Waals surface area contributed by atoms with Crippen molar-refractivity contribution in [3.63, 3.8) is 0 Å². The van der Waals surface area contributed by atoms with Crippen LogP contribution in [0.2, 0.25) is 0 Å². The molecule has 1 N–H and O–H groups in total. The first-order valence-electron chi connectivity index (χ1n) is 8.93. The van der Waals surface area contributed by atoms with E-state index in [1.165, 1.54) is 12.1 Å².